The van der Waals surface area contributed by atoms with Crippen LogP contribution in [0, 0.1) is 0 Å². The first-order valence-corrected chi connectivity index (χ1v) is 8.29. The molecule has 0 bridgehead atoms. The van der Waals surface area contributed by atoms with E-state index < -0.39 is 0 Å². The molecule has 1 amide bonds. The van der Waals surface area contributed by atoms with Crippen molar-refractivity contribution in [2.45, 2.75) is 13.0 Å². The zero-order valence-corrected chi connectivity index (χ0v) is 14.9. The van der Waals surface area contributed by atoms with Gasteiger partial charge in [-0.1, -0.05) is 35.3 Å². The van der Waals surface area contributed by atoms with Crippen molar-refractivity contribution in [3.05, 3.63) is 56.7 Å². The average Bonchev–Trinajstić information content (AvgIpc) is 2.96. The molecule has 0 fully saturated rings. The summed E-state index contributed by atoms with van der Waals surface area (Å²) in [5.41, 5.74) is 1.04. The molecule has 0 atom stereocenters. The maximum atomic E-state index is 12.3. The van der Waals surface area contributed by atoms with Crippen LogP contribution in [0.25, 0.3) is 11.0 Å². The van der Waals surface area contributed by atoms with Crippen molar-refractivity contribution >= 4 is 40.1 Å². The lowest BCUT2D eigenvalue weighted by molar-refractivity contribution is -0.121. The monoisotopic (exact) mass is 379 g/mol. The second-order valence-corrected chi connectivity index (χ2v) is 6.28. The largest absolute Gasteiger partial charge is 0.354 e. The highest BCUT2D eigenvalue weighted by Gasteiger charge is 2.11. The number of carbonyl (C=O) groups excluding carboxylic acids is 1. The van der Waals surface area contributed by atoms with Crippen LogP contribution in [0.1, 0.15) is 5.56 Å². The van der Waals surface area contributed by atoms with Crippen LogP contribution < -0.4 is 10.9 Å². The fraction of sp³-hybridized carbons (Fsp3) is 0.250. The summed E-state index contributed by atoms with van der Waals surface area (Å²) in [6.45, 7) is 0.274. The van der Waals surface area contributed by atoms with Gasteiger partial charge in [0, 0.05) is 13.6 Å². The van der Waals surface area contributed by atoms with E-state index in [1.165, 1.54) is 21.8 Å². The number of halogens is 2. The summed E-state index contributed by atoms with van der Waals surface area (Å²) in [6, 6.07) is 5.37. The summed E-state index contributed by atoms with van der Waals surface area (Å²) < 4.78 is 2.77. The van der Waals surface area contributed by atoms with Crippen LogP contribution >= 0.6 is 23.2 Å². The zero-order valence-electron chi connectivity index (χ0n) is 13.4. The molecule has 0 aliphatic rings. The molecule has 0 saturated heterocycles. The topological polar surface area (TPSA) is 81.8 Å². The number of hydrogen-bond acceptors (Lipinski definition) is 4. The van der Waals surface area contributed by atoms with Gasteiger partial charge in [0.05, 0.1) is 16.2 Å². The van der Waals surface area contributed by atoms with Gasteiger partial charge in [0.1, 0.15) is 18.3 Å². The van der Waals surface area contributed by atoms with E-state index >= 15 is 0 Å². The normalized spacial score (nSPS) is 11.0. The third-order valence-electron chi connectivity index (χ3n) is 3.78. The molecule has 0 aliphatic heterocycles. The van der Waals surface area contributed by atoms with Crippen LogP contribution in [-0.4, -0.2) is 31.8 Å². The quantitative estimate of drug-likeness (QED) is 0.732. The van der Waals surface area contributed by atoms with Crippen LogP contribution in [-0.2, 0) is 24.8 Å². The Bertz CT molecular complexity index is 996. The molecule has 1 N–H and O–H groups in total. The number of aromatic nitrogens is 4. The highest BCUT2D eigenvalue weighted by molar-refractivity contribution is 6.42. The molecule has 0 radical (unpaired) electrons. The molecule has 3 rings (SSSR count). The fourth-order valence-electron chi connectivity index (χ4n) is 2.47. The Morgan fingerprint density at radius 3 is 2.92 bits per heavy atom. The summed E-state index contributed by atoms with van der Waals surface area (Å²) >= 11 is 12.1. The molecule has 0 saturated carbocycles. The highest BCUT2D eigenvalue weighted by Crippen LogP contribution is 2.25. The summed E-state index contributed by atoms with van der Waals surface area (Å²) in [5, 5.41) is 8.09. The van der Waals surface area contributed by atoms with Gasteiger partial charge in [-0.2, -0.15) is 5.10 Å². The van der Waals surface area contributed by atoms with E-state index in [1.54, 1.807) is 19.2 Å². The Hall–Kier alpha value is -2.38. The van der Waals surface area contributed by atoms with Crippen LogP contribution in [0.4, 0.5) is 0 Å². The van der Waals surface area contributed by atoms with Gasteiger partial charge < -0.3 is 5.32 Å². The van der Waals surface area contributed by atoms with Crippen molar-refractivity contribution in [1.82, 2.24) is 24.6 Å². The molecular weight excluding hydrogens is 365 g/mol. The number of hydrogen-bond donors (Lipinski definition) is 1. The Balaban J connectivity index is 1.62. The molecule has 7 nitrogen and oxygen atoms in total. The van der Waals surface area contributed by atoms with Crippen LogP contribution in [0.3, 0.4) is 0 Å². The summed E-state index contributed by atoms with van der Waals surface area (Å²) in [5.74, 6) is -0.287. The van der Waals surface area contributed by atoms with E-state index in [9.17, 15) is 9.59 Å². The predicted octanol–water partition coefficient (Wildman–Crippen LogP) is 1.80. The number of fused-ring (bicyclic) bond motifs is 1. The van der Waals surface area contributed by atoms with Gasteiger partial charge in [0.2, 0.25) is 5.91 Å². The van der Waals surface area contributed by atoms with Crippen molar-refractivity contribution in [2.24, 2.45) is 7.05 Å². The lowest BCUT2D eigenvalue weighted by atomic mass is 10.1. The van der Waals surface area contributed by atoms with Gasteiger partial charge >= 0.3 is 0 Å². The first-order valence-electron chi connectivity index (χ1n) is 7.54. The lowest BCUT2D eigenvalue weighted by Crippen LogP contribution is -2.33. The molecule has 0 unspecified atom stereocenters. The smallest absolute Gasteiger partial charge is 0.264 e. The van der Waals surface area contributed by atoms with Gasteiger partial charge in [-0.15, -0.1) is 0 Å². The maximum Gasteiger partial charge on any atom is 0.264 e. The van der Waals surface area contributed by atoms with Crippen molar-refractivity contribution in [3.63, 3.8) is 0 Å². The SMILES string of the molecule is Cn1ncc2c(=O)n(CC(=O)NCCc3cccc(Cl)c3Cl)cnc21. The third kappa shape index (κ3) is 3.67. The highest BCUT2D eigenvalue weighted by atomic mass is 35.5. The Morgan fingerprint density at radius 1 is 1.32 bits per heavy atom. The average molecular weight is 380 g/mol. The van der Waals surface area contributed by atoms with Gasteiger partial charge in [-0.25, -0.2) is 4.98 Å². The maximum absolute atomic E-state index is 12.3. The van der Waals surface area contributed by atoms with Gasteiger partial charge in [-0.05, 0) is 18.1 Å². The lowest BCUT2D eigenvalue weighted by Gasteiger charge is -2.09. The van der Waals surface area contributed by atoms with E-state index in [4.69, 9.17) is 23.2 Å². The predicted molar refractivity (Wildman–Crippen MR) is 95.9 cm³/mol. The minimum atomic E-state index is -0.300. The zero-order chi connectivity index (χ0) is 18.0. The number of amides is 1. The Kier molecular flexibility index (Phi) is 5.06. The Morgan fingerprint density at radius 2 is 2.12 bits per heavy atom. The molecular formula is C16H15Cl2N5O2. The van der Waals surface area contributed by atoms with Crippen molar-refractivity contribution in [1.29, 1.82) is 0 Å². The number of rotatable bonds is 5. The summed E-state index contributed by atoms with van der Waals surface area (Å²) in [4.78, 5) is 28.5. The van der Waals surface area contributed by atoms with E-state index in [-0.39, 0.29) is 18.0 Å². The second kappa shape index (κ2) is 7.25. The number of carbonyl (C=O) groups is 1. The van der Waals surface area contributed by atoms with Gasteiger partial charge in [0.25, 0.3) is 5.56 Å². The molecule has 130 valence electrons. The summed E-state index contributed by atoms with van der Waals surface area (Å²) in [6.07, 6.45) is 3.33. The molecule has 2 aromatic heterocycles. The van der Waals surface area contributed by atoms with Gasteiger partial charge in [-0.3, -0.25) is 18.8 Å². The van der Waals surface area contributed by atoms with E-state index in [0.717, 1.165) is 5.56 Å². The molecule has 2 heterocycles. The fourth-order valence-corrected chi connectivity index (χ4v) is 2.88. The first-order chi connectivity index (χ1) is 12.0. The Labute approximate surface area is 153 Å². The molecule has 1 aromatic carbocycles. The molecule has 9 heteroatoms. The standard InChI is InChI=1S/C16H15Cl2N5O2/c1-22-15-11(7-21-22)16(25)23(9-20-15)8-13(24)19-6-5-10-3-2-4-12(17)14(10)18/h2-4,7,9H,5-6,8H2,1H3,(H,19,24). The van der Waals surface area contributed by atoms with E-state index in [1.807, 2.05) is 6.07 Å². The molecule has 25 heavy (non-hydrogen) atoms. The van der Waals surface area contributed by atoms with E-state index in [0.29, 0.717) is 34.0 Å². The van der Waals surface area contributed by atoms with Crippen molar-refractivity contribution < 1.29 is 4.79 Å². The number of nitrogens with zero attached hydrogens (tertiary/aromatic N) is 4. The number of nitrogens with one attached hydrogen (secondary N) is 1. The van der Waals surface area contributed by atoms with Crippen LogP contribution in [0.5, 0.6) is 0 Å². The first kappa shape index (κ1) is 17.4. The molecule has 0 aliphatic carbocycles. The molecule has 3 aromatic rings. The van der Waals surface area contributed by atoms with Crippen LogP contribution in [0.2, 0.25) is 10.0 Å². The van der Waals surface area contributed by atoms with Crippen molar-refractivity contribution in [2.75, 3.05) is 6.54 Å². The second-order valence-electron chi connectivity index (χ2n) is 5.50. The van der Waals surface area contributed by atoms with Crippen LogP contribution in [0.15, 0.2) is 35.5 Å². The minimum Gasteiger partial charge on any atom is -0.354 e. The van der Waals surface area contributed by atoms with E-state index in [2.05, 4.69) is 15.4 Å². The summed E-state index contributed by atoms with van der Waals surface area (Å²) in [7, 11) is 1.70. The number of benzene rings is 1. The third-order valence-corrected chi connectivity index (χ3v) is 4.64. The minimum absolute atomic E-state index is 0.111. The van der Waals surface area contributed by atoms with Gasteiger partial charge in [0.15, 0.2) is 5.65 Å². The molecule has 0 spiro atoms. The van der Waals surface area contributed by atoms with Crippen molar-refractivity contribution in [3.8, 4) is 0 Å². The number of aryl methyl sites for hydroxylation is 1.